The zero-order valence-corrected chi connectivity index (χ0v) is 14.8. The minimum absolute atomic E-state index is 0.0462. The van der Waals surface area contributed by atoms with Crippen LogP contribution < -0.4 is 9.57 Å². The van der Waals surface area contributed by atoms with Gasteiger partial charge in [0.25, 0.3) is 10.0 Å². The Morgan fingerprint density at radius 1 is 1.09 bits per heavy atom. The average molecular weight is 394 g/mol. The number of ether oxygens (including phenoxy) is 1. The second-order valence-electron chi connectivity index (χ2n) is 4.32. The van der Waals surface area contributed by atoms with E-state index in [0.29, 0.717) is 26.4 Å². The van der Waals surface area contributed by atoms with Crippen LogP contribution in [0.3, 0.4) is 0 Å². The Kier molecular flexibility index (Phi) is 5.75. The number of hydrogen-bond acceptors (Lipinski definition) is 4. The second kappa shape index (κ2) is 7.40. The fraction of sp³-hybridized carbons (Fsp3) is 0.0714. The van der Waals surface area contributed by atoms with Gasteiger partial charge in [-0.25, -0.2) is 4.83 Å². The van der Waals surface area contributed by atoms with Crippen molar-refractivity contribution < 1.29 is 13.2 Å². The van der Waals surface area contributed by atoms with Crippen molar-refractivity contribution in [2.75, 3.05) is 7.11 Å². The molecule has 0 atom stereocenters. The molecule has 0 bridgehead atoms. The van der Waals surface area contributed by atoms with E-state index in [1.54, 1.807) is 12.1 Å². The molecule has 5 nitrogen and oxygen atoms in total. The van der Waals surface area contributed by atoms with E-state index in [-0.39, 0.29) is 4.90 Å². The highest BCUT2D eigenvalue weighted by molar-refractivity contribution is 7.89. The van der Waals surface area contributed by atoms with E-state index in [0.717, 1.165) is 0 Å². The molecule has 0 saturated heterocycles. The Morgan fingerprint density at radius 3 is 2.17 bits per heavy atom. The largest absolute Gasteiger partial charge is 0.494 e. The van der Waals surface area contributed by atoms with Gasteiger partial charge in [0, 0.05) is 5.02 Å². The van der Waals surface area contributed by atoms with Crippen molar-refractivity contribution in [3.8, 4) is 5.75 Å². The quantitative estimate of drug-likeness (QED) is 0.617. The molecule has 0 fully saturated rings. The van der Waals surface area contributed by atoms with Crippen LogP contribution in [0.15, 0.2) is 46.4 Å². The van der Waals surface area contributed by atoms with E-state index in [4.69, 9.17) is 39.5 Å². The molecule has 0 aliphatic rings. The van der Waals surface area contributed by atoms with E-state index in [2.05, 4.69) is 9.93 Å². The van der Waals surface area contributed by atoms with E-state index in [1.807, 2.05) is 0 Å². The summed E-state index contributed by atoms with van der Waals surface area (Å²) in [5, 5.41) is 4.72. The van der Waals surface area contributed by atoms with Crippen molar-refractivity contribution in [1.29, 1.82) is 0 Å². The summed E-state index contributed by atoms with van der Waals surface area (Å²) < 4.78 is 29.1. The van der Waals surface area contributed by atoms with Gasteiger partial charge in [0.2, 0.25) is 0 Å². The third kappa shape index (κ3) is 4.51. The fourth-order valence-electron chi connectivity index (χ4n) is 1.69. The molecule has 0 saturated carbocycles. The number of hydrazone groups is 1. The Bertz CT molecular complexity index is 814. The summed E-state index contributed by atoms with van der Waals surface area (Å²) in [6.45, 7) is 0. The number of hydrogen-bond donors (Lipinski definition) is 1. The minimum Gasteiger partial charge on any atom is -0.494 e. The number of halogens is 3. The molecule has 2 aromatic rings. The maximum atomic E-state index is 12.0. The van der Waals surface area contributed by atoms with Gasteiger partial charge in [0.1, 0.15) is 0 Å². The number of nitrogens with one attached hydrogen (secondary N) is 1. The highest BCUT2D eigenvalue weighted by Gasteiger charge is 2.12. The molecule has 0 aliphatic heterocycles. The van der Waals surface area contributed by atoms with Crippen molar-refractivity contribution in [2.45, 2.75) is 4.90 Å². The van der Waals surface area contributed by atoms with Crippen LogP contribution in [0, 0.1) is 0 Å². The van der Waals surface area contributed by atoms with Gasteiger partial charge < -0.3 is 4.74 Å². The SMILES string of the molecule is COc1c(Cl)cc(/C=N/NS(=O)(=O)c2ccc(Cl)cc2)cc1Cl. The molecule has 2 aromatic carbocycles. The number of nitrogens with zero attached hydrogens (tertiary/aromatic N) is 1. The molecule has 0 spiro atoms. The molecule has 0 aliphatic carbocycles. The van der Waals surface area contributed by atoms with Gasteiger partial charge >= 0.3 is 0 Å². The van der Waals surface area contributed by atoms with Crippen LogP contribution in [0.4, 0.5) is 0 Å². The van der Waals surface area contributed by atoms with Crippen LogP contribution in [0.5, 0.6) is 5.75 Å². The normalized spacial score (nSPS) is 11.7. The average Bonchev–Trinajstić information content (AvgIpc) is 2.47. The van der Waals surface area contributed by atoms with Gasteiger partial charge in [-0.1, -0.05) is 34.8 Å². The summed E-state index contributed by atoms with van der Waals surface area (Å²) in [6.07, 6.45) is 1.28. The predicted molar refractivity (Wildman–Crippen MR) is 92.4 cm³/mol. The monoisotopic (exact) mass is 392 g/mol. The first-order valence-electron chi connectivity index (χ1n) is 6.17. The second-order valence-corrected chi connectivity index (χ2v) is 7.24. The molecule has 1 N–H and O–H groups in total. The topological polar surface area (TPSA) is 67.8 Å². The van der Waals surface area contributed by atoms with E-state index >= 15 is 0 Å². The molecule has 23 heavy (non-hydrogen) atoms. The summed E-state index contributed by atoms with van der Waals surface area (Å²) >= 11 is 17.7. The van der Waals surface area contributed by atoms with Crippen LogP contribution >= 0.6 is 34.8 Å². The van der Waals surface area contributed by atoms with Crippen LogP contribution in [0.1, 0.15) is 5.56 Å². The van der Waals surface area contributed by atoms with Crippen molar-refractivity contribution in [3.05, 3.63) is 57.0 Å². The smallest absolute Gasteiger partial charge is 0.276 e. The Hall–Kier alpha value is -1.47. The van der Waals surface area contributed by atoms with Gasteiger partial charge in [-0.2, -0.15) is 13.5 Å². The van der Waals surface area contributed by atoms with Crippen LogP contribution in [0.25, 0.3) is 0 Å². The molecular formula is C14H11Cl3N2O3S. The molecule has 9 heteroatoms. The number of methoxy groups -OCH3 is 1. The molecule has 0 heterocycles. The number of rotatable bonds is 5. The third-order valence-corrected chi connectivity index (χ3v) is 4.79. The lowest BCUT2D eigenvalue weighted by Crippen LogP contribution is -2.18. The van der Waals surface area contributed by atoms with Gasteiger partial charge in [0.15, 0.2) is 5.75 Å². The summed E-state index contributed by atoms with van der Waals surface area (Å²) in [6, 6.07) is 8.80. The predicted octanol–water partition coefficient (Wildman–Crippen LogP) is 3.97. The van der Waals surface area contributed by atoms with Gasteiger partial charge in [-0.05, 0) is 42.0 Å². The first kappa shape index (κ1) is 17.9. The molecule has 122 valence electrons. The Morgan fingerprint density at radius 2 is 1.65 bits per heavy atom. The van der Waals surface area contributed by atoms with Crippen LogP contribution in [-0.2, 0) is 10.0 Å². The molecular weight excluding hydrogens is 383 g/mol. The summed E-state index contributed by atoms with van der Waals surface area (Å²) in [4.78, 5) is 2.14. The van der Waals surface area contributed by atoms with Crippen molar-refractivity contribution in [3.63, 3.8) is 0 Å². The standard InChI is InChI=1S/C14H11Cl3N2O3S/c1-22-14-12(16)6-9(7-13(14)17)8-18-19-23(20,21)11-4-2-10(15)3-5-11/h2-8,19H,1H3/b18-8+. The van der Waals surface area contributed by atoms with Crippen LogP contribution in [-0.4, -0.2) is 21.7 Å². The molecule has 0 amide bonds. The van der Waals surface area contributed by atoms with Crippen molar-refractivity contribution >= 4 is 51.0 Å². The van der Waals surface area contributed by atoms with E-state index < -0.39 is 10.0 Å². The lowest BCUT2D eigenvalue weighted by atomic mass is 10.2. The van der Waals surface area contributed by atoms with E-state index in [9.17, 15) is 8.42 Å². The first-order chi connectivity index (χ1) is 10.8. The summed E-state index contributed by atoms with van der Waals surface area (Å²) in [7, 11) is -2.33. The number of sulfonamides is 1. The molecule has 0 radical (unpaired) electrons. The summed E-state index contributed by atoms with van der Waals surface area (Å²) in [5.41, 5.74) is 0.514. The molecule has 2 rings (SSSR count). The van der Waals surface area contributed by atoms with Crippen LogP contribution in [0.2, 0.25) is 15.1 Å². The fourth-order valence-corrected chi connectivity index (χ4v) is 3.26. The Labute approximate surface area is 148 Å². The first-order valence-corrected chi connectivity index (χ1v) is 8.78. The van der Waals surface area contributed by atoms with E-state index in [1.165, 1.54) is 37.6 Å². The number of benzene rings is 2. The maximum absolute atomic E-state index is 12.0. The summed E-state index contributed by atoms with van der Waals surface area (Å²) in [5.74, 6) is 0.340. The lowest BCUT2D eigenvalue weighted by molar-refractivity contribution is 0.415. The minimum atomic E-state index is -3.78. The Balaban J connectivity index is 2.17. The zero-order valence-electron chi connectivity index (χ0n) is 11.8. The van der Waals surface area contributed by atoms with Crippen molar-refractivity contribution in [1.82, 2.24) is 4.83 Å². The van der Waals surface area contributed by atoms with Gasteiger partial charge in [-0.3, -0.25) is 0 Å². The lowest BCUT2D eigenvalue weighted by Gasteiger charge is -2.06. The molecule has 0 aromatic heterocycles. The zero-order chi connectivity index (χ0) is 17.0. The van der Waals surface area contributed by atoms with Crippen molar-refractivity contribution in [2.24, 2.45) is 5.10 Å². The van der Waals surface area contributed by atoms with Gasteiger partial charge in [-0.15, -0.1) is 0 Å². The van der Waals surface area contributed by atoms with Gasteiger partial charge in [0.05, 0.1) is 28.3 Å². The third-order valence-electron chi connectivity index (χ3n) is 2.74. The highest BCUT2D eigenvalue weighted by atomic mass is 35.5. The highest BCUT2D eigenvalue weighted by Crippen LogP contribution is 2.33. The molecule has 0 unspecified atom stereocenters. The maximum Gasteiger partial charge on any atom is 0.276 e.